The summed E-state index contributed by atoms with van der Waals surface area (Å²) in [6.07, 6.45) is 0.0912. The van der Waals surface area contributed by atoms with Crippen molar-refractivity contribution in [3.8, 4) is 0 Å². The number of primary amides is 1. The van der Waals surface area contributed by atoms with Gasteiger partial charge in [0, 0.05) is 16.3 Å². The van der Waals surface area contributed by atoms with Crippen molar-refractivity contribution in [2.75, 3.05) is 0 Å². The van der Waals surface area contributed by atoms with Crippen molar-refractivity contribution in [2.45, 2.75) is 6.42 Å². The molecule has 0 aliphatic heterocycles. The second-order valence-corrected chi connectivity index (χ2v) is 4.31. The number of ketones is 1. The summed E-state index contributed by atoms with van der Waals surface area (Å²) in [6, 6.07) is 9.92. The summed E-state index contributed by atoms with van der Waals surface area (Å²) in [5.74, 6) is -0.593. The number of amides is 1. The molecule has 92 valence electrons. The minimum atomic E-state index is -0.442. The minimum Gasteiger partial charge on any atom is -0.369 e. The molecule has 0 fully saturated rings. The van der Waals surface area contributed by atoms with Gasteiger partial charge in [0.2, 0.25) is 11.7 Å². The molecule has 0 spiro atoms. The van der Waals surface area contributed by atoms with Crippen LogP contribution in [0.2, 0.25) is 5.02 Å². The third kappa shape index (κ3) is 2.78. The molecule has 0 saturated carbocycles. The van der Waals surface area contributed by atoms with Gasteiger partial charge in [0.25, 0.3) is 0 Å². The Morgan fingerprint density at radius 2 is 1.78 bits per heavy atom. The fourth-order valence-electron chi connectivity index (χ4n) is 1.62. The first-order valence-corrected chi connectivity index (χ1v) is 5.70. The molecule has 0 unspecified atom stereocenters. The first kappa shape index (κ1) is 12.4. The first-order valence-electron chi connectivity index (χ1n) is 5.33. The van der Waals surface area contributed by atoms with Gasteiger partial charge in [-0.1, -0.05) is 11.6 Å². The predicted octanol–water partition coefficient (Wildman–Crippen LogP) is 1.93. The fraction of sp³-hybridized carbons (Fsp3) is 0.0769. The van der Waals surface area contributed by atoms with E-state index in [0.717, 1.165) is 0 Å². The Balaban J connectivity index is 2.21. The smallest absolute Gasteiger partial charge is 0.223 e. The van der Waals surface area contributed by atoms with E-state index in [1.165, 1.54) is 0 Å². The van der Waals surface area contributed by atoms with Crippen LogP contribution in [0.3, 0.4) is 0 Å². The lowest BCUT2D eigenvalue weighted by atomic mass is 10.1. The van der Waals surface area contributed by atoms with Crippen LogP contribution in [0.1, 0.15) is 21.7 Å². The van der Waals surface area contributed by atoms with Gasteiger partial charge in [0.1, 0.15) is 0 Å². The van der Waals surface area contributed by atoms with Crippen LogP contribution in [0, 0.1) is 0 Å². The Kier molecular flexibility index (Phi) is 3.48. The van der Waals surface area contributed by atoms with Crippen LogP contribution in [-0.2, 0) is 11.2 Å². The highest BCUT2D eigenvalue weighted by Gasteiger charge is 2.11. The Morgan fingerprint density at radius 1 is 1.11 bits per heavy atom. The third-order valence-corrected chi connectivity index (χ3v) is 2.71. The number of carbonyl (C=O) groups is 2. The van der Waals surface area contributed by atoms with Gasteiger partial charge in [0.15, 0.2) is 0 Å². The van der Waals surface area contributed by atoms with E-state index in [0.29, 0.717) is 22.0 Å². The Hall–Kier alpha value is -2.07. The molecule has 4 nitrogen and oxygen atoms in total. The topological polar surface area (TPSA) is 76.0 Å². The Bertz CT molecular complexity index is 587. The monoisotopic (exact) mass is 262 g/mol. The molecule has 0 aliphatic rings. The zero-order valence-corrected chi connectivity index (χ0v) is 10.2. The number of nitrogens with two attached hydrogens (primary N) is 1. The minimum absolute atomic E-state index is 0.0912. The first-order chi connectivity index (χ1) is 8.56. The van der Waals surface area contributed by atoms with Crippen molar-refractivity contribution in [3.05, 3.63) is 58.4 Å². The number of nitrogens with one attached hydrogen (secondary N) is 1. The third-order valence-electron chi connectivity index (χ3n) is 2.46. The lowest BCUT2D eigenvalue weighted by molar-refractivity contribution is -0.117. The highest BCUT2D eigenvalue weighted by atomic mass is 35.5. The van der Waals surface area contributed by atoms with Crippen molar-refractivity contribution >= 4 is 23.3 Å². The molecule has 0 atom stereocenters. The van der Waals surface area contributed by atoms with Gasteiger partial charge in [-0.3, -0.25) is 9.59 Å². The summed E-state index contributed by atoms with van der Waals surface area (Å²) in [6.45, 7) is 0. The van der Waals surface area contributed by atoms with Crippen LogP contribution in [0.4, 0.5) is 0 Å². The molecular formula is C13H11ClN2O2. The molecule has 2 aromatic rings. The number of H-pyrrole nitrogens is 1. The molecule has 1 heterocycles. The van der Waals surface area contributed by atoms with Gasteiger partial charge in [-0.05, 0) is 36.4 Å². The molecule has 1 aromatic heterocycles. The van der Waals surface area contributed by atoms with Crippen LogP contribution >= 0.6 is 11.6 Å². The van der Waals surface area contributed by atoms with Crippen molar-refractivity contribution < 1.29 is 9.59 Å². The molecule has 0 radical (unpaired) electrons. The highest BCUT2D eigenvalue weighted by Crippen LogP contribution is 2.14. The molecular weight excluding hydrogens is 252 g/mol. The summed E-state index contributed by atoms with van der Waals surface area (Å²) >= 11 is 5.75. The van der Waals surface area contributed by atoms with E-state index in [1.54, 1.807) is 36.4 Å². The van der Waals surface area contributed by atoms with Crippen LogP contribution in [0.15, 0.2) is 36.4 Å². The zero-order valence-electron chi connectivity index (χ0n) is 9.44. The van der Waals surface area contributed by atoms with E-state index in [-0.39, 0.29) is 12.2 Å². The van der Waals surface area contributed by atoms with Gasteiger partial charge >= 0.3 is 0 Å². The number of carbonyl (C=O) groups excluding carboxylic acids is 2. The quantitative estimate of drug-likeness (QED) is 0.826. The standard InChI is InChI=1S/C13H11ClN2O2/c14-9-3-1-8(2-4-9)13(18)11-6-5-10(16-11)7-12(15)17/h1-6,16H,7H2,(H2,15,17). The van der Waals surface area contributed by atoms with Crippen molar-refractivity contribution in [1.82, 2.24) is 4.98 Å². The van der Waals surface area contributed by atoms with Gasteiger partial charge in [0.05, 0.1) is 12.1 Å². The van der Waals surface area contributed by atoms with E-state index in [2.05, 4.69) is 4.98 Å². The summed E-state index contributed by atoms with van der Waals surface area (Å²) in [5, 5.41) is 0.576. The lowest BCUT2D eigenvalue weighted by Crippen LogP contribution is -2.14. The molecule has 0 bridgehead atoms. The van der Waals surface area contributed by atoms with Crippen molar-refractivity contribution in [2.24, 2.45) is 5.73 Å². The van der Waals surface area contributed by atoms with E-state index >= 15 is 0 Å². The van der Waals surface area contributed by atoms with Crippen LogP contribution in [0.5, 0.6) is 0 Å². The molecule has 1 aromatic carbocycles. The fourth-order valence-corrected chi connectivity index (χ4v) is 1.75. The molecule has 0 aliphatic carbocycles. The van der Waals surface area contributed by atoms with Gasteiger partial charge in [-0.2, -0.15) is 0 Å². The number of aromatic amines is 1. The molecule has 0 saturated heterocycles. The second-order valence-electron chi connectivity index (χ2n) is 3.88. The average molecular weight is 263 g/mol. The summed E-state index contributed by atoms with van der Waals surface area (Å²) in [5.41, 5.74) is 6.66. The van der Waals surface area contributed by atoms with E-state index in [9.17, 15) is 9.59 Å². The second kappa shape index (κ2) is 5.06. The maximum atomic E-state index is 12.1. The molecule has 18 heavy (non-hydrogen) atoms. The van der Waals surface area contributed by atoms with Crippen LogP contribution in [0.25, 0.3) is 0 Å². The number of benzene rings is 1. The van der Waals surface area contributed by atoms with E-state index < -0.39 is 5.91 Å². The zero-order chi connectivity index (χ0) is 13.1. The normalized spacial score (nSPS) is 10.3. The summed E-state index contributed by atoms with van der Waals surface area (Å²) < 4.78 is 0. The number of halogens is 1. The number of aromatic nitrogens is 1. The SMILES string of the molecule is NC(=O)Cc1ccc(C(=O)c2ccc(Cl)cc2)[nH]1. The summed E-state index contributed by atoms with van der Waals surface area (Å²) in [7, 11) is 0. The Morgan fingerprint density at radius 3 is 2.39 bits per heavy atom. The van der Waals surface area contributed by atoms with Crippen LogP contribution < -0.4 is 5.73 Å². The molecule has 5 heteroatoms. The van der Waals surface area contributed by atoms with Gasteiger partial charge < -0.3 is 10.7 Å². The van der Waals surface area contributed by atoms with Gasteiger partial charge in [-0.15, -0.1) is 0 Å². The van der Waals surface area contributed by atoms with Crippen molar-refractivity contribution in [1.29, 1.82) is 0 Å². The van der Waals surface area contributed by atoms with Crippen LogP contribution in [-0.4, -0.2) is 16.7 Å². The van der Waals surface area contributed by atoms with Gasteiger partial charge in [-0.25, -0.2) is 0 Å². The molecule has 2 rings (SSSR count). The predicted molar refractivity (Wildman–Crippen MR) is 68.6 cm³/mol. The van der Waals surface area contributed by atoms with E-state index in [1.807, 2.05) is 0 Å². The highest BCUT2D eigenvalue weighted by molar-refractivity contribution is 6.30. The van der Waals surface area contributed by atoms with Crippen molar-refractivity contribution in [3.63, 3.8) is 0 Å². The number of hydrogen-bond donors (Lipinski definition) is 2. The lowest BCUT2D eigenvalue weighted by Gasteiger charge is -1.99. The molecule has 1 amide bonds. The molecule has 3 N–H and O–H groups in total. The summed E-state index contributed by atoms with van der Waals surface area (Å²) in [4.78, 5) is 25.7. The Labute approximate surface area is 109 Å². The number of rotatable bonds is 4. The maximum absolute atomic E-state index is 12.1. The van der Waals surface area contributed by atoms with E-state index in [4.69, 9.17) is 17.3 Å². The number of hydrogen-bond acceptors (Lipinski definition) is 2. The largest absolute Gasteiger partial charge is 0.369 e. The maximum Gasteiger partial charge on any atom is 0.223 e. The average Bonchev–Trinajstić information content (AvgIpc) is 2.76.